The van der Waals surface area contributed by atoms with E-state index in [1.807, 2.05) is 0 Å². The topological polar surface area (TPSA) is 256 Å². The van der Waals surface area contributed by atoms with Crippen molar-refractivity contribution in [1.82, 2.24) is 0 Å². The summed E-state index contributed by atoms with van der Waals surface area (Å²) in [7, 11) is -2.54. The fourth-order valence-electron chi connectivity index (χ4n) is 3.21. The maximum atomic E-state index is 10.9. The van der Waals surface area contributed by atoms with Gasteiger partial charge in [-0.1, -0.05) is 38.5 Å². The Morgan fingerprint density at radius 2 is 1.33 bits per heavy atom. The lowest BCUT2D eigenvalue weighted by molar-refractivity contribution is -0.205. The Morgan fingerprint density at radius 3 is 1.86 bits per heavy atom. The molecule has 2 aliphatic rings. The quantitative estimate of drug-likeness (QED) is 0.0270. The van der Waals surface area contributed by atoms with Gasteiger partial charge in [0.25, 0.3) is 0 Å². The molecule has 0 bridgehead atoms. The number of rotatable bonds is 12. The fourth-order valence-corrected chi connectivity index (χ4v) is 7.09. The summed E-state index contributed by atoms with van der Waals surface area (Å²) < 4.78 is 45.4. The molecule has 15 nitrogen and oxygen atoms in total. The van der Waals surface area contributed by atoms with Crippen LogP contribution in [0.5, 0.6) is 0 Å². The summed E-state index contributed by atoms with van der Waals surface area (Å²) in [4.78, 5) is 0. The molecule has 0 saturated carbocycles. The second-order valence-corrected chi connectivity index (χ2v) is 12.6. The molecular weight excluding hydrogens is 570 g/mol. The Morgan fingerprint density at radius 1 is 0.806 bits per heavy atom. The van der Waals surface area contributed by atoms with Crippen molar-refractivity contribution in [3.63, 3.8) is 0 Å². The van der Waals surface area contributed by atoms with Crippen LogP contribution in [0, 0.1) is 0 Å². The molecule has 0 aliphatic carbocycles. The third-order valence-electron chi connectivity index (χ3n) is 5.21. The highest BCUT2D eigenvalue weighted by Crippen LogP contribution is 2.36. The van der Waals surface area contributed by atoms with Gasteiger partial charge in [-0.05, 0) is 19.3 Å². The van der Waals surface area contributed by atoms with Crippen molar-refractivity contribution in [2.75, 3.05) is 19.0 Å². The Balaban J connectivity index is 1.86. The minimum absolute atomic E-state index is 0.0245. The number of hydrogen-bond acceptors (Lipinski definition) is 17. The maximum absolute atomic E-state index is 10.9. The van der Waals surface area contributed by atoms with Crippen LogP contribution in [0.1, 0.15) is 19.3 Å². The molecule has 19 heteroatoms. The predicted molar refractivity (Wildman–Crippen MR) is 129 cm³/mol. The number of hydrogen-bond donors (Lipinski definition) is 9. The van der Waals surface area contributed by atoms with Crippen molar-refractivity contribution in [3.8, 4) is 0 Å². The first-order valence-corrected chi connectivity index (χ1v) is 15.3. The Hall–Kier alpha value is 0.0300. The van der Waals surface area contributed by atoms with Crippen molar-refractivity contribution >= 4 is 48.8 Å². The zero-order valence-corrected chi connectivity index (χ0v) is 21.9. The van der Waals surface area contributed by atoms with Gasteiger partial charge in [-0.25, -0.2) is 4.28 Å². The van der Waals surface area contributed by atoms with Crippen molar-refractivity contribution in [2.45, 2.75) is 79.0 Å². The van der Waals surface area contributed by atoms with Crippen LogP contribution < -0.4 is 0 Å². The molecule has 2 fully saturated rings. The molecule has 0 aromatic heterocycles. The summed E-state index contributed by atoms with van der Waals surface area (Å²) >= 11 is 0.684. The van der Waals surface area contributed by atoms with Gasteiger partial charge >= 0.3 is 10.4 Å². The highest BCUT2D eigenvalue weighted by Gasteiger charge is 2.45. The number of thioether (sulfide) groups is 1. The Labute approximate surface area is 219 Å². The standard InChI is InChI=1S/C17H31NO14S4/c19-5-7-10(21)12(23)14(25)16(30-7)34-9(18-32-36(27,28)29)3-1-2-4-33-35-17-15(26)13(24)11(22)8(6-20)31-17/h7-8,10-17,19-26H,1-6H2,(H,27,28,29)/b18-9-/t7-,8-,10-,11-,12+,13+,14-,15-,16+,17+/m1/s1. The number of ether oxygens (including phenoxy) is 2. The molecule has 36 heavy (non-hydrogen) atoms. The normalized spacial score (nSPS) is 38.2. The fraction of sp³-hybridized carbons (Fsp3) is 0.941. The average molecular weight is 602 g/mol. The van der Waals surface area contributed by atoms with Crippen LogP contribution in [0.2, 0.25) is 0 Å². The first kappa shape index (κ1) is 32.2. The van der Waals surface area contributed by atoms with E-state index in [9.17, 15) is 49.3 Å². The Bertz CT molecular complexity index is 802. The van der Waals surface area contributed by atoms with Crippen molar-refractivity contribution in [1.29, 1.82) is 0 Å². The van der Waals surface area contributed by atoms with Crippen LogP contribution in [0.4, 0.5) is 0 Å². The highest BCUT2D eigenvalue weighted by molar-refractivity contribution is 8.76. The lowest BCUT2D eigenvalue weighted by atomic mass is 10.0. The summed E-state index contributed by atoms with van der Waals surface area (Å²) in [5, 5.41) is 81.5. The molecule has 9 N–H and O–H groups in total. The molecule has 2 aliphatic heterocycles. The minimum atomic E-state index is -4.92. The lowest BCUT2D eigenvalue weighted by Crippen LogP contribution is -2.57. The molecule has 212 valence electrons. The summed E-state index contributed by atoms with van der Waals surface area (Å²) in [6, 6.07) is 0. The van der Waals surface area contributed by atoms with Crippen molar-refractivity contribution in [3.05, 3.63) is 0 Å². The number of aliphatic hydroxyl groups excluding tert-OH is 8. The second-order valence-electron chi connectivity index (χ2n) is 7.88. The Kier molecular flexibility index (Phi) is 13.4. The monoisotopic (exact) mass is 601 g/mol. The van der Waals surface area contributed by atoms with E-state index in [2.05, 4.69) is 9.44 Å². The van der Waals surface area contributed by atoms with E-state index in [0.717, 1.165) is 10.8 Å². The zero-order chi connectivity index (χ0) is 27.0. The molecule has 2 heterocycles. The molecule has 2 rings (SSSR count). The van der Waals surface area contributed by atoms with Gasteiger partial charge in [0.1, 0.15) is 64.7 Å². The van der Waals surface area contributed by atoms with Crippen LogP contribution in [-0.4, -0.2) is 138 Å². The van der Waals surface area contributed by atoms with E-state index >= 15 is 0 Å². The van der Waals surface area contributed by atoms with E-state index in [0.29, 0.717) is 30.4 Å². The van der Waals surface area contributed by atoms with Gasteiger partial charge in [0.2, 0.25) is 0 Å². The van der Waals surface area contributed by atoms with Crippen LogP contribution in [-0.2, 0) is 24.2 Å². The largest absolute Gasteiger partial charge is 0.466 e. The van der Waals surface area contributed by atoms with Gasteiger partial charge in [0.15, 0.2) is 0 Å². The lowest BCUT2D eigenvalue weighted by Gasteiger charge is -2.39. The average Bonchev–Trinajstić information content (AvgIpc) is 2.83. The van der Waals surface area contributed by atoms with E-state index in [4.69, 9.17) is 14.0 Å². The number of oxime groups is 1. The van der Waals surface area contributed by atoms with Gasteiger partial charge in [-0.2, -0.15) is 8.42 Å². The second kappa shape index (κ2) is 15.0. The molecule has 0 amide bonds. The van der Waals surface area contributed by atoms with E-state index in [1.165, 1.54) is 10.8 Å². The smallest absolute Gasteiger partial charge is 0.394 e. The van der Waals surface area contributed by atoms with Crippen LogP contribution in [0.25, 0.3) is 0 Å². The molecular formula is C17H31NO14S4. The van der Waals surface area contributed by atoms with Gasteiger partial charge in [0.05, 0.1) is 13.2 Å². The van der Waals surface area contributed by atoms with Crippen molar-refractivity contribution < 1.29 is 67.6 Å². The summed E-state index contributed by atoms with van der Waals surface area (Å²) in [5.74, 6) is 0.497. The van der Waals surface area contributed by atoms with Crippen LogP contribution in [0.15, 0.2) is 5.16 Å². The van der Waals surface area contributed by atoms with Gasteiger partial charge in [-0.3, -0.25) is 4.55 Å². The van der Waals surface area contributed by atoms with E-state index in [1.54, 1.807) is 0 Å². The van der Waals surface area contributed by atoms with E-state index in [-0.39, 0.29) is 11.5 Å². The summed E-state index contributed by atoms with van der Waals surface area (Å²) in [6.07, 6.45) is -10.3. The van der Waals surface area contributed by atoms with E-state index < -0.39 is 83.3 Å². The number of aliphatic hydroxyl groups is 8. The predicted octanol–water partition coefficient (Wildman–Crippen LogP) is -3.00. The summed E-state index contributed by atoms with van der Waals surface area (Å²) in [5.41, 5.74) is -2.13. The molecule has 2 saturated heterocycles. The maximum Gasteiger partial charge on any atom is 0.466 e. The highest BCUT2D eigenvalue weighted by atomic mass is 33.1. The number of unbranched alkanes of at least 4 members (excludes halogenated alkanes) is 1. The van der Waals surface area contributed by atoms with Crippen molar-refractivity contribution in [2.24, 2.45) is 5.16 Å². The molecule has 0 radical (unpaired) electrons. The number of nitrogens with zero attached hydrogens (tertiary/aromatic N) is 1. The third-order valence-corrected chi connectivity index (χ3v) is 9.30. The van der Waals surface area contributed by atoms with Gasteiger partial charge in [0, 0.05) is 5.75 Å². The third kappa shape index (κ3) is 9.35. The first-order valence-electron chi connectivity index (χ1n) is 10.7. The van der Waals surface area contributed by atoms with Gasteiger partial charge in [-0.15, -0.1) is 0 Å². The first-order chi connectivity index (χ1) is 16.9. The van der Waals surface area contributed by atoms with Gasteiger partial charge < -0.3 is 50.3 Å². The van der Waals surface area contributed by atoms with Crippen LogP contribution in [0.3, 0.4) is 0 Å². The minimum Gasteiger partial charge on any atom is -0.394 e. The molecule has 0 unspecified atom stereocenters. The molecule has 0 spiro atoms. The molecule has 0 aromatic rings. The molecule has 0 aromatic carbocycles. The zero-order valence-electron chi connectivity index (χ0n) is 18.7. The van der Waals surface area contributed by atoms with Crippen LogP contribution >= 0.6 is 33.3 Å². The summed E-state index contributed by atoms with van der Waals surface area (Å²) in [6.45, 7) is -1.19. The SMILES string of the molecule is O=S(=O)(O)O/N=C(/CCCCSS[C@@H]1O[C@H](CO)[C@@H](O)[C@H](O)[C@H]1O)S[C@@H]1O[C@H](CO)[C@@H](O)[C@H](O)[C@H]1O. The molecule has 10 atom stereocenters.